The van der Waals surface area contributed by atoms with Gasteiger partial charge in [-0.2, -0.15) is 0 Å². The number of ether oxygens (including phenoxy) is 1. The summed E-state index contributed by atoms with van der Waals surface area (Å²) in [5, 5.41) is 0. The molecule has 1 aliphatic heterocycles. The largest absolute Gasteiger partial charge is 0.360 e. The van der Waals surface area contributed by atoms with Crippen molar-refractivity contribution < 1.29 is 4.74 Å². The van der Waals surface area contributed by atoms with Gasteiger partial charge in [0.1, 0.15) is 5.60 Å². The van der Waals surface area contributed by atoms with Gasteiger partial charge >= 0.3 is 0 Å². The first-order chi connectivity index (χ1) is 5.70. The lowest BCUT2D eigenvalue weighted by molar-refractivity contribution is -0.0599. The topological polar surface area (TPSA) is 12.5 Å². The summed E-state index contributed by atoms with van der Waals surface area (Å²) in [5.41, 5.74) is -0.233. The standard InChI is InChI=1S/C10H17NO/c1-4-6-10(3)9-11(5-2)7-8-12-10/h5,7-9H2,1-3H3/t10-/m1/s1. The summed E-state index contributed by atoms with van der Waals surface area (Å²) in [5.74, 6) is 6.03. The second-order valence-corrected chi connectivity index (χ2v) is 3.32. The average Bonchev–Trinajstić information content (AvgIpc) is 2.04. The number of rotatable bonds is 1. The molecule has 0 aliphatic carbocycles. The van der Waals surface area contributed by atoms with Gasteiger partial charge in [-0.25, -0.2) is 0 Å². The van der Waals surface area contributed by atoms with Crippen LogP contribution in [0.5, 0.6) is 0 Å². The molecule has 1 atom stereocenters. The number of likely N-dealkylation sites (N-methyl/N-ethyl adjacent to an activating group) is 1. The minimum Gasteiger partial charge on any atom is -0.360 e. The van der Waals surface area contributed by atoms with Crippen LogP contribution in [0, 0.1) is 11.8 Å². The van der Waals surface area contributed by atoms with Crippen LogP contribution in [-0.2, 0) is 4.74 Å². The third kappa shape index (κ3) is 2.23. The molecule has 1 fully saturated rings. The van der Waals surface area contributed by atoms with Crippen molar-refractivity contribution in [3.63, 3.8) is 0 Å². The Balaban J connectivity index is 2.58. The van der Waals surface area contributed by atoms with Crippen LogP contribution >= 0.6 is 0 Å². The van der Waals surface area contributed by atoms with E-state index in [1.54, 1.807) is 0 Å². The molecule has 0 unspecified atom stereocenters. The maximum Gasteiger partial charge on any atom is 0.138 e. The van der Waals surface area contributed by atoms with E-state index in [9.17, 15) is 0 Å². The lowest BCUT2D eigenvalue weighted by Gasteiger charge is -2.36. The first kappa shape index (κ1) is 9.57. The summed E-state index contributed by atoms with van der Waals surface area (Å²) >= 11 is 0. The summed E-state index contributed by atoms with van der Waals surface area (Å²) in [7, 11) is 0. The molecule has 1 aliphatic rings. The first-order valence-electron chi connectivity index (χ1n) is 4.50. The zero-order valence-electron chi connectivity index (χ0n) is 8.18. The van der Waals surface area contributed by atoms with E-state index in [0.717, 1.165) is 26.2 Å². The molecule has 0 bridgehead atoms. The highest BCUT2D eigenvalue weighted by molar-refractivity contribution is 5.13. The zero-order chi connectivity index (χ0) is 9.03. The second-order valence-electron chi connectivity index (χ2n) is 3.32. The van der Waals surface area contributed by atoms with E-state index < -0.39 is 0 Å². The first-order valence-corrected chi connectivity index (χ1v) is 4.50. The highest BCUT2D eigenvalue weighted by Gasteiger charge is 2.28. The van der Waals surface area contributed by atoms with E-state index in [4.69, 9.17) is 4.74 Å². The van der Waals surface area contributed by atoms with Crippen LogP contribution in [0.15, 0.2) is 0 Å². The minimum atomic E-state index is -0.233. The molecule has 0 aromatic carbocycles. The molecule has 1 saturated heterocycles. The van der Waals surface area contributed by atoms with Crippen LogP contribution in [0.3, 0.4) is 0 Å². The van der Waals surface area contributed by atoms with Crippen LogP contribution in [0.25, 0.3) is 0 Å². The Morgan fingerprint density at radius 1 is 1.58 bits per heavy atom. The van der Waals surface area contributed by atoms with Gasteiger partial charge in [-0.1, -0.05) is 12.8 Å². The van der Waals surface area contributed by atoms with E-state index in [2.05, 4.69) is 30.6 Å². The Labute approximate surface area is 74.9 Å². The van der Waals surface area contributed by atoms with Crippen molar-refractivity contribution in [3.05, 3.63) is 0 Å². The molecule has 1 rings (SSSR count). The zero-order valence-corrected chi connectivity index (χ0v) is 8.18. The molecule has 0 spiro atoms. The fraction of sp³-hybridized carbons (Fsp3) is 0.800. The van der Waals surface area contributed by atoms with Gasteiger partial charge in [0.25, 0.3) is 0 Å². The van der Waals surface area contributed by atoms with Crippen LogP contribution in [-0.4, -0.2) is 36.7 Å². The van der Waals surface area contributed by atoms with Crippen molar-refractivity contribution in [2.75, 3.05) is 26.2 Å². The van der Waals surface area contributed by atoms with Crippen molar-refractivity contribution in [1.82, 2.24) is 4.90 Å². The molecule has 0 aromatic rings. The Morgan fingerprint density at radius 2 is 2.33 bits per heavy atom. The third-order valence-corrected chi connectivity index (χ3v) is 2.19. The SMILES string of the molecule is CC#C[C@]1(C)CN(CC)CCO1. The van der Waals surface area contributed by atoms with Crippen molar-refractivity contribution in [2.24, 2.45) is 0 Å². The summed E-state index contributed by atoms with van der Waals surface area (Å²) in [6.07, 6.45) is 0. The van der Waals surface area contributed by atoms with Crippen molar-refractivity contribution in [2.45, 2.75) is 26.4 Å². The van der Waals surface area contributed by atoms with Crippen LogP contribution in [0.2, 0.25) is 0 Å². The minimum absolute atomic E-state index is 0.233. The van der Waals surface area contributed by atoms with Gasteiger partial charge in [-0.3, -0.25) is 4.90 Å². The molecule has 0 saturated carbocycles. The Morgan fingerprint density at radius 3 is 2.92 bits per heavy atom. The van der Waals surface area contributed by atoms with E-state index in [1.165, 1.54) is 0 Å². The van der Waals surface area contributed by atoms with Gasteiger partial charge in [-0.05, 0) is 20.4 Å². The van der Waals surface area contributed by atoms with Gasteiger partial charge < -0.3 is 4.74 Å². The fourth-order valence-electron chi connectivity index (χ4n) is 1.56. The molecule has 0 aromatic heterocycles. The number of nitrogens with zero attached hydrogens (tertiary/aromatic N) is 1. The lowest BCUT2D eigenvalue weighted by atomic mass is 10.1. The number of hydrogen-bond acceptors (Lipinski definition) is 2. The van der Waals surface area contributed by atoms with Gasteiger partial charge in [0, 0.05) is 13.1 Å². The molecular formula is C10H17NO. The Hall–Kier alpha value is -0.520. The molecule has 68 valence electrons. The molecular weight excluding hydrogens is 150 g/mol. The van der Waals surface area contributed by atoms with Crippen molar-refractivity contribution >= 4 is 0 Å². The maximum absolute atomic E-state index is 5.62. The summed E-state index contributed by atoms with van der Waals surface area (Å²) < 4.78 is 5.62. The second kappa shape index (κ2) is 3.93. The molecule has 2 nitrogen and oxygen atoms in total. The van der Waals surface area contributed by atoms with Crippen molar-refractivity contribution in [1.29, 1.82) is 0 Å². The van der Waals surface area contributed by atoms with E-state index in [1.807, 2.05) is 6.92 Å². The van der Waals surface area contributed by atoms with Gasteiger partial charge in [-0.15, -0.1) is 5.92 Å². The van der Waals surface area contributed by atoms with Gasteiger partial charge in [0.05, 0.1) is 6.61 Å². The molecule has 0 radical (unpaired) electrons. The molecule has 0 amide bonds. The average molecular weight is 167 g/mol. The van der Waals surface area contributed by atoms with E-state index in [-0.39, 0.29) is 5.60 Å². The Bertz CT molecular complexity index is 204. The highest BCUT2D eigenvalue weighted by Crippen LogP contribution is 2.15. The molecule has 12 heavy (non-hydrogen) atoms. The fourth-order valence-corrected chi connectivity index (χ4v) is 1.56. The maximum atomic E-state index is 5.62. The summed E-state index contributed by atoms with van der Waals surface area (Å²) in [6, 6.07) is 0. The predicted molar refractivity (Wildman–Crippen MR) is 49.9 cm³/mol. The number of morpholine rings is 1. The highest BCUT2D eigenvalue weighted by atomic mass is 16.5. The van der Waals surface area contributed by atoms with Crippen LogP contribution in [0.1, 0.15) is 20.8 Å². The Kier molecular flexibility index (Phi) is 3.13. The monoisotopic (exact) mass is 167 g/mol. The van der Waals surface area contributed by atoms with E-state index >= 15 is 0 Å². The summed E-state index contributed by atoms with van der Waals surface area (Å²) in [6.45, 7) is 9.96. The number of hydrogen-bond donors (Lipinski definition) is 0. The summed E-state index contributed by atoms with van der Waals surface area (Å²) in [4.78, 5) is 2.37. The van der Waals surface area contributed by atoms with E-state index in [0.29, 0.717) is 0 Å². The van der Waals surface area contributed by atoms with Crippen LogP contribution < -0.4 is 0 Å². The van der Waals surface area contributed by atoms with Gasteiger partial charge in [0.2, 0.25) is 0 Å². The van der Waals surface area contributed by atoms with Crippen molar-refractivity contribution in [3.8, 4) is 11.8 Å². The quantitative estimate of drug-likeness (QED) is 0.543. The predicted octanol–water partition coefficient (Wildman–Crippen LogP) is 1.12. The lowest BCUT2D eigenvalue weighted by Crippen LogP contribution is -2.49. The third-order valence-electron chi connectivity index (χ3n) is 2.19. The van der Waals surface area contributed by atoms with Gasteiger partial charge in [0.15, 0.2) is 0 Å². The molecule has 0 N–H and O–H groups in total. The molecule has 1 heterocycles. The van der Waals surface area contributed by atoms with Crippen LogP contribution in [0.4, 0.5) is 0 Å². The smallest absolute Gasteiger partial charge is 0.138 e. The normalized spacial score (nSPS) is 30.9. The molecule has 2 heteroatoms.